The Bertz CT molecular complexity index is 726. The van der Waals surface area contributed by atoms with Crippen molar-refractivity contribution >= 4 is 43.6 Å². The van der Waals surface area contributed by atoms with Crippen LogP contribution >= 0.6 is 43.6 Å². The van der Waals surface area contributed by atoms with E-state index in [0.717, 1.165) is 14.5 Å². The number of halogens is 2. The second-order valence-electron chi connectivity index (χ2n) is 4.25. The normalized spacial score (nSPS) is 10.8. The first-order valence-electron chi connectivity index (χ1n) is 6.17. The third-order valence-electron chi connectivity index (χ3n) is 2.73. The molecule has 0 aliphatic carbocycles. The molecule has 3 rings (SSSR count). The van der Waals surface area contributed by atoms with E-state index in [2.05, 4.69) is 54.2 Å². The SMILES string of the molecule is Brc1ccc(SCc2nnc(-c3ccc(Br)cc3)o2)cc1. The Hall–Kier alpha value is -1.11. The highest BCUT2D eigenvalue weighted by molar-refractivity contribution is 9.10. The molecule has 1 heterocycles. The van der Waals surface area contributed by atoms with E-state index in [1.165, 1.54) is 4.90 Å². The lowest BCUT2D eigenvalue weighted by atomic mass is 10.2. The van der Waals surface area contributed by atoms with Crippen LogP contribution in [0.1, 0.15) is 5.89 Å². The topological polar surface area (TPSA) is 38.9 Å². The third-order valence-corrected chi connectivity index (χ3v) is 4.79. The molecule has 3 aromatic rings. The lowest BCUT2D eigenvalue weighted by molar-refractivity contribution is 0.528. The molecule has 0 radical (unpaired) electrons. The Morgan fingerprint density at radius 3 is 2.14 bits per heavy atom. The smallest absolute Gasteiger partial charge is 0.247 e. The molecule has 0 spiro atoms. The highest BCUT2D eigenvalue weighted by Gasteiger charge is 2.08. The molecule has 21 heavy (non-hydrogen) atoms. The zero-order chi connectivity index (χ0) is 14.7. The minimum Gasteiger partial charge on any atom is -0.420 e. The fourth-order valence-corrected chi connectivity index (χ4v) is 2.96. The van der Waals surface area contributed by atoms with Gasteiger partial charge in [0.25, 0.3) is 0 Å². The molecule has 0 aliphatic heterocycles. The lowest BCUT2D eigenvalue weighted by Gasteiger charge is -1.98. The van der Waals surface area contributed by atoms with Crippen LogP contribution in [0.4, 0.5) is 0 Å². The van der Waals surface area contributed by atoms with Crippen molar-refractivity contribution in [2.24, 2.45) is 0 Å². The van der Waals surface area contributed by atoms with Crippen LogP contribution in [-0.2, 0) is 5.75 Å². The van der Waals surface area contributed by atoms with Gasteiger partial charge in [0.05, 0.1) is 5.75 Å². The van der Waals surface area contributed by atoms with Gasteiger partial charge in [-0.3, -0.25) is 0 Å². The molecule has 0 saturated heterocycles. The van der Waals surface area contributed by atoms with Crippen molar-refractivity contribution in [1.29, 1.82) is 0 Å². The fourth-order valence-electron chi connectivity index (χ4n) is 1.70. The van der Waals surface area contributed by atoms with E-state index in [9.17, 15) is 0 Å². The fraction of sp³-hybridized carbons (Fsp3) is 0.0667. The van der Waals surface area contributed by atoms with Gasteiger partial charge in [-0.05, 0) is 48.5 Å². The van der Waals surface area contributed by atoms with Crippen LogP contribution in [0, 0.1) is 0 Å². The minimum atomic E-state index is 0.550. The van der Waals surface area contributed by atoms with Gasteiger partial charge in [-0.25, -0.2) is 0 Å². The molecule has 0 aliphatic rings. The maximum atomic E-state index is 5.69. The van der Waals surface area contributed by atoms with Crippen LogP contribution in [0.15, 0.2) is 66.8 Å². The van der Waals surface area contributed by atoms with Crippen LogP contribution in [0.2, 0.25) is 0 Å². The summed E-state index contributed by atoms with van der Waals surface area (Å²) in [7, 11) is 0. The van der Waals surface area contributed by atoms with Gasteiger partial charge < -0.3 is 4.42 Å². The molecule has 0 saturated carbocycles. The summed E-state index contributed by atoms with van der Waals surface area (Å²) >= 11 is 8.50. The summed E-state index contributed by atoms with van der Waals surface area (Å²) in [4.78, 5) is 1.17. The minimum absolute atomic E-state index is 0.550. The molecule has 0 atom stereocenters. The van der Waals surface area contributed by atoms with E-state index in [1.54, 1.807) is 11.8 Å². The number of hydrogen-bond donors (Lipinski definition) is 0. The van der Waals surface area contributed by atoms with Crippen LogP contribution in [0.5, 0.6) is 0 Å². The summed E-state index contributed by atoms with van der Waals surface area (Å²) in [5, 5.41) is 8.18. The van der Waals surface area contributed by atoms with Crippen molar-refractivity contribution in [2.75, 3.05) is 0 Å². The molecule has 0 fully saturated rings. The van der Waals surface area contributed by atoms with Gasteiger partial charge in [0, 0.05) is 19.4 Å². The van der Waals surface area contributed by atoms with Crippen molar-refractivity contribution < 1.29 is 4.42 Å². The van der Waals surface area contributed by atoms with Gasteiger partial charge >= 0.3 is 0 Å². The molecular weight excluding hydrogens is 416 g/mol. The number of thioether (sulfide) groups is 1. The summed E-state index contributed by atoms with van der Waals surface area (Å²) in [6.45, 7) is 0. The quantitative estimate of drug-likeness (QED) is 0.513. The van der Waals surface area contributed by atoms with Crippen molar-refractivity contribution in [3.63, 3.8) is 0 Å². The number of benzene rings is 2. The Labute approximate surface area is 143 Å². The van der Waals surface area contributed by atoms with E-state index in [4.69, 9.17) is 4.42 Å². The summed E-state index contributed by atoms with van der Waals surface area (Å²) in [6.07, 6.45) is 0. The summed E-state index contributed by atoms with van der Waals surface area (Å²) < 4.78 is 7.78. The lowest BCUT2D eigenvalue weighted by Crippen LogP contribution is -1.80. The predicted octanol–water partition coefficient (Wildman–Crippen LogP) is 5.55. The molecule has 0 unspecified atom stereocenters. The Balaban J connectivity index is 1.67. The number of hydrogen-bond acceptors (Lipinski definition) is 4. The first kappa shape index (κ1) is 14.8. The zero-order valence-electron chi connectivity index (χ0n) is 10.8. The zero-order valence-corrected chi connectivity index (χ0v) is 14.8. The summed E-state index contributed by atoms with van der Waals surface area (Å²) in [5.74, 6) is 1.83. The van der Waals surface area contributed by atoms with Gasteiger partial charge in [0.15, 0.2) is 0 Å². The Morgan fingerprint density at radius 1 is 0.857 bits per heavy atom. The molecular formula is C15H10Br2N2OS. The molecule has 0 amide bonds. The average Bonchev–Trinajstić information content (AvgIpc) is 2.96. The Kier molecular flexibility index (Phi) is 4.77. The van der Waals surface area contributed by atoms with Crippen molar-refractivity contribution in [2.45, 2.75) is 10.6 Å². The number of aromatic nitrogens is 2. The van der Waals surface area contributed by atoms with Gasteiger partial charge in [-0.2, -0.15) is 0 Å². The number of rotatable bonds is 4. The monoisotopic (exact) mass is 424 g/mol. The second-order valence-corrected chi connectivity index (χ2v) is 7.13. The number of nitrogens with zero attached hydrogens (tertiary/aromatic N) is 2. The van der Waals surface area contributed by atoms with Gasteiger partial charge in [-0.1, -0.05) is 31.9 Å². The van der Waals surface area contributed by atoms with E-state index < -0.39 is 0 Å². The highest BCUT2D eigenvalue weighted by Crippen LogP contribution is 2.26. The molecule has 0 bridgehead atoms. The van der Waals surface area contributed by atoms with Crippen molar-refractivity contribution in [1.82, 2.24) is 10.2 Å². The largest absolute Gasteiger partial charge is 0.420 e. The standard InChI is InChI=1S/C15H10Br2N2OS/c16-11-3-1-10(2-4-11)15-19-18-14(20-15)9-21-13-7-5-12(17)6-8-13/h1-8H,9H2. The third kappa shape index (κ3) is 3.96. The summed E-state index contributed by atoms with van der Waals surface area (Å²) in [6, 6.07) is 16.0. The van der Waals surface area contributed by atoms with Crippen LogP contribution in [0.3, 0.4) is 0 Å². The highest BCUT2D eigenvalue weighted by atomic mass is 79.9. The van der Waals surface area contributed by atoms with Crippen molar-refractivity contribution in [3.05, 3.63) is 63.4 Å². The summed E-state index contributed by atoms with van der Waals surface area (Å²) in [5.41, 5.74) is 0.922. The molecule has 106 valence electrons. The maximum Gasteiger partial charge on any atom is 0.247 e. The van der Waals surface area contributed by atoms with E-state index in [1.807, 2.05) is 36.4 Å². The van der Waals surface area contributed by atoms with E-state index in [-0.39, 0.29) is 0 Å². The first-order valence-corrected chi connectivity index (χ1v) is 8.74. The van der Waals surface area contributed by atoms with Crippen LogP contribution in [-0.4, -0.2) is 10.2 Å². The van der Waals surface area contributed by atoms with E-state index in [0.29, 0.717) is 17.5 Å². The van der Waals surface area contributed by atoms with E-state index >= 15 is 0 Å². The van der Waals surface area contributed by atoms with Gasteiger partial charge in [0.1, 0.15) is 0 Å². The van der Waals surface area contributed by atoms with Crippen LogP contribution < -0.4 is 0 Å². The average molecular weight is 426 g/mol. The maximum absolute atomic E-state index is 5.69. The van der Waals surface area contributed by atoms with Gasteiger partial charge in [0.2, 0.25) is 11.8 Å². The Morgan fingerprint density at radius 2 is 1.48 bits per heavy atom. The molecule has 6 heteroatoms. The van der Waals surface area contributed by atoms with Crippen molar-refractivity contribution in [3.8, 4) is 11.5 Å². The second kappa shape index (κ2) is 6.77. The van der Waals surface area contributed by atoms with Crippen LogP contribution in [0.25, 0.3) is 11.5 Å². The first-order chi connectivity index (χ1) is 10.2. The molecule has 3 nitrogen and oxygen atoms in total. The predicted molar refractivity (Wildman–Crippen MR) is 91.1 cm³/mol. The molecule has 2 aromatic carbocycles. The molecule has 0 N–H and O–H groups in total. The molecule has 1 aromatic heterocycles. The van der Waals surface area contributed by atoms with Gasteiger partial charge in [-0.15, -0.1) is 22.0 Å².